The van der Waals surface area contributed by atoms with E-state index in [1.54, 1.807) is 36.4 Å². The van der Waals surface area contributed by atoms with Gasteiger partial charge in [-0.2, -0.15) is 0 Å². The minimum absolute atomic E-state index is 0.135. The van der Waals surface area contributed by atoms with Gasteiger partial charge in [-0.25, -0.2) is 0 Å². The standard InChI is InChI=1S/C17H14BrNO2/c18-12-7-5-11(6-8-12)16(20)14-3-1-2-4-15(14)17(21)19-13-9-10-13/h1-8,13H,9-10H2,(H,19,21). The highest BCUT2D eigenvalue weighted by molar-refractivity contribution is 9.10. The summed E-state index contributed by atoms with van der Waals surface area (Å²) in [4.78, 5) is 24.8. The van der Waals surface area contributed by atoms with Gasteiger partial charge in [0.05, 0.1) is 5.56 Å². The molecule has 0 aromatic heterocycles. The average molecular weight is 344 g/mol. The Morgan fingerprint density at radius 3 is 2.19 bits per heavy atom. The third kappa shape index (κ3) is 3.22. The van der Waals surface area contributed by atoms with Gasteiger partial charge in [-0.1, -0.05) is 34.1 Å². The number of benzene rings is 2. The van der Waals surface area contributed by atoms with Crippen LogP contribution in [0.5, 0.6) is 0 Å². The van der Waals surface area contributed by atoms with Crippen LogP contribution in [0.1, 0.15) is 39.1 Å². The SMILES string of the molecule is O=C(NC1CC1)c1ccccc1C(=O)c1ccc(Br)cc1. The molecule has 0 radical (unpaired) electrons. The topological polar surface area (TPSA) is 46.2 Å². The van der Waals surface area contributed by atoms with Gasteiger partial charge in [0.25, 0.3) is 5.91 Å². The van der Waals surface area contributed by atoms with Crippen molar-refractivity contribution in [1.82, 2.24) is 5.32 Å². The summed E-state index contributed by atoms with van der Waals surface area (Å²) < 4.78 is 0.916. The number of halogens is 1. The molecule has 0 unspecified atom stereocenters. The quantitative estimate of drug-likeness (QED) is 0.862. The normalized spacial score (nSPS) is 13.8. The summed E-state index contributed by atoms with van der Waals surface area (Å²) in [6.07, 6.45) is 2.04. The van der Waals surface area contributed by atoms with E-state index in [1.165, 1.54) is 0 Å². The number of ketones is 1. The lowest BCUT2D eigenvalue weighted by Crippen LogP contribution is -2.27. The average Bonchev–Trinajstić information content (AvgIpc) is 3.31. The minimum atomic E-state index is -0.168. The Morgan fingerprint density at radius 2 is 1.57 bits per heavy atom. The monoisotopic (exact) mass is 343 g/mol. The zero-order valence-corrected chi connectivity index (χ0v) is 12.9. The number of nitrogens with one attached hydrogen (secondary N) is 1. The van der Waals surface area contributed by atoms with Crippen LogP contribution < -0.4 is 5.32 Å². The van der Waals surface area contributed by atoms with Crippen molar-refractivity contribution in [2.75, 3.05) is 0 Å². The predicted molar refractivity (Wildman–Crippen MR) is 84.5 cm³/mol. The number of carbonyl (C=O) groups excluding carboxylic acids is 2. The molecule has 106 valence electrons. The van der Waals surface area contributed by atoms with Crippen LogP contribution >= 0.6 is 15.9 Å². The summed E-state index contributed by atoms with van der Waals surface area (Å²) in [6, 6.07) is 14.4. The molecule has 2 aromatic rings. The molecule has 1 amide bonds. The first kappa shape index (κ1) is 14.0. The fourth-order valence-corrected chi connectivity index (χ4v) is 2.39. The molecule has 1 N–H and O–H groups in total. The maximum absolute atomic E-state index is 12.6. The lowest BCUT2D eigenvalue weighted by atomic mass is 9.98. The Labute approximate surface area is 131 Å². The summed E-state index contributed by atoms with van der Waals surface area (Å²) in [5.41, 5.74) is 1.46. The third-order valence-electron chi connectivity index (χ3n) is 3.44. The van der Waals surface area contributed by atoms with E-state index in [9.17, 15) is 9.59 Å². The van der Waals surface area contributed by atoms with E-state index in [2.05, 4.69) is 21.2 Å². The maximum Gasteiger partial charge on any atom is 0.252 e. The van der Waals surface area contributed by atoms with Crippen LogP contribution in [0.25, 0.3) is 0 Å². The van der Waals surface area contributed by atoms with Crippen molar-refractivity contribution in [3.05, 3.63) is 69.7 Å². The van der Waals surface area contributed by atoms with Crippen molar-refractivity contribution in [2.24, 2.45) is 0 Å². The van der Waals surface area contributed by atoms with Crippen LogP contribution in [0.3, 0.4) is 0 Å². The number of rotatable bonds is 4. The molecule has 4 heteroatoms. The van der Waals surface area contributed by atoms with E-state index in [4.69, 9.17) is 0 Å². The van der Waals surface area contributed by atoms with E-state index in [0.717, 1.165) is 17.3 Å². The van der Waals surface area contributed by atoms with Gasteiger partial charge in [0.2, 0.25) is 0 Å². The molecule has 3 rings (SSSR count). The molecule has 1 aliphatic carbocycles. The molecule has 3 nitrogen and oxygen atoms in total. The van der Waals surface area contributed by atoms with E-state index in [0.29, 0.717) is 16.7 Å². The second-order valence-electron chi connectivity index (χ2n) is 5.13. The van der Waals surface area contributed by atoms with Gasteiger partial charge >= 0.3 is 0 Å². The van der Waals surface area contributed by atoms with Crippen molar-refractivity contribution < 1.29 is 9.59 Å². The van der Waals surface area contributed by atoms with Gasteiger partial charge in [-0.3, -0.25) is 9.59 Å². The summed E-state index contributed by atoms with van der Waals surface area (Å²) in [5.74, 6) is -0.303. The first-order valence-corrected chi connectivity index (χ1v) is 7.64. The number of hydrogen-bond acceptors (Lipinski definition) is 2. The van der Waals surface area contributed by atoms with Crippen molar-refractivity contribution in [1.29, 1.82) is 0 Å². The molecule has 2 aromatic carbocycles. The van der Waals surface area contributed by atoms with Crippen molar-refractivity contribution in [3.63, 3.8) is 0 Å². The molecule has 21 heavy (non-hydrogen) atoms. The number of amides is 1. The smallest absolute Gasteiger partial charge is 0.252 e. The molecular weight excluding hydrogens is 330 g/mol. The molecule has 1 saturated carbocycles. The number of carbonyl (C=O) groups is 2. The highest BCUT2D eigenvalue weighted by atomic mass is 79.9. The maximum atomic E-state index is 12.6. The Morgan fingerprint density at radius 1 is 0.952 bits per heavy atom. The van der Waals surface area contributed by atoms with Gasteiger partial charge in [0.1, 0.15) is 0 Å². The van der Waals surface area contributed by atoms with Gasteiger partial charge in [-0.05, 0) is 43.2 Å². The Balaban J connectivity index is 1.92. The lowest BCUT2D eigenvalue weighted by molar-refractivity contribution is 0.0939. The first-order valence-electron chi connectivity index (χ1n) is 6.85. The zero-order valence-electron chi connectivity index (χ0n) is 11.3. The fraction of sp³-hybridized carbons (Fsp3) is 0.176. The summed E-state index contributed by atoms with van der Waals surface area (Å²) in [6.45, 7) is 0. The Hall–Kier alpha value is -1.94. The van der Waals surface area contributed by atoms with Gasteiger partial charge in [0.15, 0.2) is 5.78 Å². The van der Waals surface area contributed by atoms with Crippen molar-refractivity contribution in [3.8, 4) is 0 Å². The fourth-order valence-electron chi connectivity index (χ4n) is 2.13. The molecule has 0 heterocycles. The van der Waals surface area contributed by atoms with Crippen LogP contribution in [-0.4, -0.2) is 17.7 Å². The molecule has 0 spiro atoms. The second kappa shape index (κ2) is 5.82. The van der Waals surface area contributed by atoms with E-state index < -0.39 is 0 Å². The highest BCUT2D eigenvalue weighted by Crippen LogP contribution is 2.21. The number of hydrogen-bond donors (Lipinski definition) is 1. The van der Waals surface area contributed by atoms with Crippen LogP contribution in [0.2, 0.25) is 0 Å². The molecular formula is C17H14BrNO2. The van der Waals surface area contributed by atoms with Crippen molar-refractivity contribution >= 4 is 27.6 Å². The minimum Gasteiger partial charge on any atom is -0.349 e. The molecule has 0 bridgehead atoms. The Kier molecular flexibility index (Phi) is 3.88. The van der Waals surface area contributed by atoms with Crippen LogP contribution in [0, 0.1) is 0 Å². The van der Waals surface area contributed by atoms with Crippen LogP contribution in [0.4, 0.5) is 0 Å². The van der Waals surface area contributed by atoms with E-state index in [1.807, 2.05) is 12.1 Å². The van der Waals surface area contributed by atoms with Crippen LogP contribution in [0.15, 0.2) is 53.0 Å². The molecule has 0 aliphatic heterocycles. The summed E-state index contributed by atoms with van der Waals surface area (Å²) in [7, 11) is 0. The largest absolute Gasteiger partial charge is 0.349 e. The summed E-state index contributed by atoms with van der Waals surface area (Å²) in [5, 5.41) is 2.93. The van der Waals surface area contributed by atoms with Gasteiger partial charge < -0.3 is 5.32 Å². The van der Waals surface area contributed by atoms with E-state index in [-0.39, 0.29) is 17.7 Å². The Bertz CT molecular complexity index is 690. The third-order valence-corrected chi connectivity index (χ3v) is 3.96. The second-order valence-corrected chi connectivity index (χ2v) is 6.05. The van der Waals surface area contributed by atoms with Gasteiger partial charge in [0, 0.05) is 21.6 Å². The molecule has 0 atom stereocenters. The van der Waals surface area contributed by atoms with Crippen molar-refractivity contribution in [2.45, 2.75) is 18.9 Å². The molecule has 1 aliphatic rings. The first-order chi connectivity index (χ1) is 10.1. The molecule has 0 saturated heterocycles. The van der Waals surface area contributed by atoms with Gasteiger partial charge in [-0.15, -0.1) is 0 Å². The highest BCUT2D eigenvalue weighted by Gasteiger charge is 2.26. The molecule has 1 fully saturated rings. The summed E-state index contributed by atoms with van der Waals surface area (Å²) >= 11 is 3.35. The zero-order chi connectivity index (χ0) is 14.8. The predicted octanol–water partition coefficient (Wildman–Crippen LogP) is 3.57. The van der Waals surface area contributed by atoms with E-state index >= 15 is 0 Å². The lowest BCUT2D eigenvalue weighted by Gasteiger charge is -2.09. The van der Waals surface area contributed by atoms with Crippen LogP contribution in [-0.2, 0) is 0 Å².